The van der Waals surface area contributed by atoms with Gasteiger partial charge < -0.3 is 38.9 Å². The topological polar surface area (TPSA) is 179 Å². The molecule has 298 valence electrons. The van der Waals surface area contributed by atoms with Crippen molar-refractivity contribution in [1.29, 1.82) is 0 Å². The van der Waals surface area contributed by atoms with Gasteiger partial charge in [-0.05, 0) is 57.3 Å². The van der Waals surface area contributed by atoms with Crippen LogP contribution in [0.15, 0.2) is 75.7 Å². The van der Waals surface area contributed by atoms with Gasteiger partial charge in [-0.15, -0.1) is 0 Å². The van der Waals surface area contributed by atoms with Gasteiger partial charge in [0.05, 0.1) is 68.7 Å². The van der Waals surface area contributed by atoms with E-state index in [4.69, 9.17) is 29.4 Å². The molecule has 0 saturated heterocycles. The van der Waals surface area contributed by atoms with E-state index in [1.165, 1.54) is 12.1 Å². The lowest BCUT2D eigenvalue weighted by Crippen LogP contribution is -2.34. The normalized spacial score (nSPS) is 15.8. The number of hydrogen-bond donors (Lipinski definition) is 3. The van der Waals surface area contributed by atoms with Crippen molar-refractivity contribution in [2.24, 2.45) is 5.73 Å². The number of ether oxygens (including phenoxy) is 5. The van der Waals surface area contributed by atoms with E-state index in [1.807, 2.05) is 24.3 Å². The number of nitrogens with one attached hydrogen (secondary N) is 1. The second-order valence-corrected chi connectivity index (χ2v) is 15.0. The maximum Gasteiger partial charge on any atom is 0.240 e. The SMILES string of the molecule is CCN(CC)c1ccc2c(c1)OC1=CC(N(CC)CC)C=CC1=C2c1ccc(S(=O)(=O)NCCOCCOCCOCCOCCC(N)=O)cc1S(=O)O. The van der Waals surface area contributed by atoms with Gasteiger partial charge in [-0.2, -0.15) is 0 Å². The summed E-state index contributed by atoms with van der Waals surface area (Å²) in [5.41, 5.74) is 8.64. The van der Waals surface area contributed by atoms with Gasteiger partial charge in [0.2, 0.25) is 15.9 Å². The molecule has 0 spiro atoms. The molecule has 2 aromatic carbocycles. The van der Waals surface area contributed by atoms with Crippen molar-refractivity contribution in [3.8, 4) is 5.75 Å². The van der Waals surface area contributed by atoms with E-state index in [0.717, 1.165) is 43.0 Å². The van der Waals surface area contributed by atoms with Crippen molar-refractivity contribution in [3.05, 3.63) is 77.1 Å². The Hall–Kier alpha value is -3.45. The Morgan fingerprint density at radius 3 is 2.07 bits per heavy atom. The first-order valence-corrected chi connectivity index (χ1v) is 20.9. The van der Waals surface area contributed by atoms with Crippen LogP contribution in [0.4, 0.5) is 5.69 Å². The van der Waals surface area contributed by atoms with Crippen LogP contribution in [0.2, 0.25) is 0 Å². The Balaban J connectivity index is 1.43. The van der Waals surface area contributed by atoms with Gasteiger partial charge in [0.25, 0.3) is 0 Å². The molecule has 54 heavy (non-hydrogen) atoms. The van der Waals surface area contributed by atoms with E-state index < -0.39 is 27.0 Å². The average Bonchev–Trinajstić information content (AvgIpc) is 3.15. The fourth-order valence-electron chi connectivity index (χ4n) is 6.17. The zero-order valence-corrected chi connectivity index (χ0v) is 33.2. The highest BCUT2D eigenvalue weighted by Gasteiger charge is 2.31. The number of carbonyl (C=O) groups is 1. The number of likely N-dealkylation sites (N-methyl/N-ethyl adjacent to an activating group) is 1. The Bertz CT molecular complexity index is 1790. The molecule has 4 rings (SSSR count). The zero-order valence-electron chi connectivity index (χ0n) is 31.6. The summed E-state index contributed by atoms with van der Waals surface area (Å²) < 4.78 is 80.7. The van der Waals surface area contributed by atoms with E-state index in [0.29, 0.717) is 55.7 Å². The van der Waals surface area contributed by atoms with Crippen molar-refractivity contribution in [1.82, 2.24) is 9.62 Å². The minimum atomic E-state index is -4.05. The quantitative estimate of drug-likeness (QED) is 0.0983. The first-order valence-electron chi connectivity index (χ1n) is 18.3. The maximum atomic E-state index is 13.3. The molecule has 16 heteroatoms. The van der Waals surface area contributed by atoms with Gasteiger partial charge in [-0.3, -0.25) is 9.69 Å². The number of fused-ring (bicyclic) bond motifs is 2. The van der Waals surface area contributed by atoms with Crippen molar-refractivity contribution >= 4 is 38.3 Å². The van der Waals surface area contributed by atoms with E-state index >= 15 is 0 Å². The van der Waals surface area contributed by atoms with Crippen LogP contribution in [0.25, 0.3) is 5.57 Å². The largest absolute Gasteiger partial charge is 0.456 e. The van der Waals surface area contributed by atoms with Crippen LogP contribution in [-0.2, 0) is 44.8 Å². The van der Waals surface area contributed by atoms with Crippen LogP contribution >= 0.6 is 0 Å². The minimum absolute atomic E-state index is 0.00710. The van der Waals surface area contributed by atoms with Gasteiger partial charge in [0.1, 0.15) is 11.5 Å². The lowest BCUT2D eigenvalue weighted by molar-refractivity contribution is -0.119. The number of allylic oxidation sites excluding steroid dienone is 1. The third-order valence-electron chi connectivity index (χ3n) is 9.00. The number of amides is 1. The van der Waals surface area contributed by atoms with Crippen LogP contribution < -0.4 is 20.1 Å². The van der Waals surface area contributed by atoms with Gasteiger partial charge >= 0.3 is 0 Å². The van der Waals surface area contributed by atoms with Crippen LogP contribution in [0.3, 0.4) is 0 Å². The third-order valence-corrected chi connectivity index (χ3v) is 11.2. The van der Waals surface area contributed by atoms with E-state index in [1.54, 1.807) is 6.07 Å². The zero-order chi connectivity index (χ0) is 39.1. The van der Waals surface area contributed by atoms with Crippen molar-refractivity contribution in [3.63, 3.8) is 0 Å². The van der Waals surface area contributed by atoms with Crippen LogP contribution in [0.5, 0.6) is 5.75 Å². The molecule has 14 nitrogen and oxygen atoms in total. The summed E-state index contributed by atoms with van der Waals surface area (Å²) in [6, 6.07) is 10.2. The highest BCUT2D eigenvalue weighted by molar-refractivity contribution is 7.89. The first kappa shape index (κ1) is 43.3. The van der Waals surface area contributed by atoms with Crippen molar-refractivity contribution in [2.75, 3.05) is 90.5 Å². The molecule has 0 saturated carbocycles. The molecule has 4 N–H and O–H groups in total. The number of anilines is 1. The fourth-order valence-corrected chi connectivity index (χ4v) is 7.87. The number of carbonyl (C=O) groups excluding carboxylic acids is 1. The predicted octanol–water partition coefficient (Wildman–Crippen LogP) is 3.69. The monoisotopic (exact) mass is 790 g/mol. The minimum Gasteiger partial charge on any atom is -0.456 e. The molecule has 2 unspecified atom stereocenters. The lowest BCUT2D eigenvalue weighted by atomic mass is 9.86. The second-order valence-electron chi connectivity index (χ2n) is 12.3. The molecule has 1 aliphatic carbocycles. The van der Waals surface area contributed by atoms with Crippen LogP contribution in [-0.4, -0.2) is 120 Å². The van der Waals surface area contributed by atoms with Gasteiger partial charge in [-0.1, -0.05) is 32.1 Å². The first-order chi connectivity index (χ1) is 26.0. The second kappa shape index (κ2) is 21.6. The molecule has 1 amide bonds. The van der Waals surface area contributed by atoms with E-state index in [9.17, 15) is 22.0 Å². The molecule has 1 heterocycles. The number of sulfonamides is 1. The number of benzene rings is 2. The molecule has 1 aliphatic heterocycles. The molecule has 0 bridgehead atoms. The highest BCUT2D eigenvalue weighted by Crippen LogP contribution is 2.46. The van der Waals surface area contributed by atoms with Crippen LogP contribution in [0, 0.1) is 0 Å². The maximum absolute atomic E-state index is 13.3. The summed E-state index contributed by atoms with van der Waals surface area (Å²) in [5, 5.41) is 0. The Kier molecular flexibility index (Phi) is 17.3. The molecule has 0 fully saturated rings. The molecule has 2 atom stereocenters. The number of rotatable bonds is 25. The summed E-state index contributed by atoms with van der Waals surface area (Å²) >= 11 is -2.52. The standard InChI is InChI=1S/C38H54N4O10S2/c1-5-41(6-2)28-9-12-31-34(25-28)52-35-26-29(42(7-3)8-4)10-13-32(35)38(31)33-14-11-30(27-36(33)53(44)45)54(46,47)40-16-18-49-20-22-51-24-23-50-21-19-48-17-15-37(39)43/h9-14,25-28,40H,5-8,15-24H2,1-4H3,(H2,39,43)(H,44,45). The predicted molar refractivity (Wildman–Crippen MR) is 208 cm³/mol. The van der Waals surface area contributed by atoms with Gasteiger partial charge in [0, 0.05) is 60.1 Å². The number of nitrogens with two attached hydrogens (primary N) is 1. The lowest BCUT2D eigenvalue weighted by Gasteiger charge is -2.33. The smallest absolute Gasteiger partial charge is 0.240 e. The molecule has 0 radical (unpaired) electrons. The third kappa shape index (κ3) is 11.8. The Labute approximate surface area is 321 Å². The summed E-state index contributed by atoms with van der Waals surface area (Å²) in [4.78, 5) is 15.0. The fraction of sp³-hybridized carbons (Fsp3) is 0.500. The van der Waals surface area contributed by atoms with Crippen molar-refractivity contribution < 1.29 is 45.7 Å². The summed E-state index contributed by atoms with van der Waals surface area (Å²) in [6.07, 6.45) is 6.30. The summed E-state index contributed by atoms with van der Waals surface area (Å²) in [5.74, 6) is 0.842. The molecule has 2 aromatic rings. The number of primary amides is 1. The Morgan fingerprint density at radius 1 is 0.870 bits per heavy atom. The van der Waals surface area contributed by atoms with E-state index in [-0.39, 0.29) is 48.6 Å². The molecule has 0 aromatic heterocycles. The van der Waals surface area contributed by atoms with Gasteiger partial charge in [0.15, 0.2) is 11.1 Å². The summed E-state index contributed by atoms with van der Waals surface area (Å²) in [7, 11) is -4.05. The summed E-state index contributed by atoms with van der Waals surface area (Å²) in [6.45, 7) is 14.0. The van der Waals surface area contributed by atoms with E-state index in [2.05, 4.69) is 54.4 Å². The molecular formula is C38H54N4O10S2. The van der Waals surface area contributed by atoms with Crippen LogP contribution in [0.1, 0.15) is 45.2 Å². The highest BCUT2D eigenvalue weighted by atomic mass is 32.2. The van der Waals surface area contributed by atoms with Crippen molar-refractivity contribution in [2.45, 2.75) is 49.9 Å². The number of hydrogen-bond acceptors (Lipinski definition) is 11. The number of nitrogens with zero attached hydrogens (tertiary/aromatic N) is 2. The molecule has 2 aliphatic rings. The average molecular weight is 791 g/mol. The van der Waals surface area contributed by atoms with Gasteiger partial charge in [-0.25, -0.2) is 17.3 Å². The Morgan fingerprint density at radius 2 is 1.48 bits per heavy atom. The molecular weight excluding hydrogens is 737 g/mol.